The summed E-state index contributed by atoms with van der Waals surface area (Å²) in [6, 6.07) is 25.0. The third-order valence-corrected chi connectivity index (χ3v) is 6.69. The van der Waals surface area contributed by atoms with Crippen LogP contribution in [0.15, 0.2) is 66.7 Å². The highest BCUT2D eigenvalue weighted by atomic mass is 16.1. The smallest absolute Gasteiger partial charge is 0.217 e. The molecule has 1 amide bonds. The third-order valence-electron chi connectivity index (χ3n) is 6.69. The molecule has 0 spiro atoms. The van der Waals surface area contributed by atoms with E-state index in [-0.39, 0.29) is 5.91 Å². The maximum atomic E-state index is 11.2. The van der Waals surface area contributed by atoms with E-state index in [1.165, 1.54) is 54.0 Å². The van der Waals surface area contributed by atoms with Crippen molar-refractivity contribution < 1.29 is 4.79 Å². The fourth-order valence-corrected chi connectivity index (χ4v) is 5.02. The molecule has 31 heavy (non-hydrogen) atoms. The minimum atomic E-state index is 0.0158. The van der Waals surface area contributed by atoms with Crippen molar-refractivity contribution in [1.29, 1.82) is 0 Å². The topological polar surface area (TPSA) is 41.1 Å². The molecule has 1 saturated carbocycles. The SMILES string of the molecule is CC(=O)NCc1ccc(C2CCCCC(N[C@H](C)c3cccc4ccccc34)C2)cc1. The Balaban J connectivity index is 1.44. The van der Waals surface area contributed by atoms with Gasteiger partial charge in [-0.3, -0.25) is 4.79 Å². The lowest BCUT2D eigenvalue weighted by Crippen LogP contribution is -2.32. The summed E-state index contributed by atoms with van der Waals surface area (Å²) >= 11 is 0. The van der Waals surface area contributed by atoms with Gasteiger partial charge in [0.15, 0.2) is 0 Å². The van der Waals surface area contributed by atoms with Gasteiger partial charge in [-0.1, -0.05) is 79.6 Å². The summed E-state index contributed by atoms with van der Waals surface area (Å²) in [5.74, 6) is 0.608. The van der Waals surface area contributed by atoms with Gasteiger partial charge in [-0.2, -0.15) is 0 Å². The molecule has 3 aromatic rings. The molecule has 3 nitrogen and oxygen atoms in total. The lowest BCUT2D eigenvalue weighted by atomic mass is 9.89. The molecule has 0 aliphatic heterocycles. The van der Waals surface area contributed by atoms with Crippen LogP contribution in [0.1, 0.15) is 74.6 Å². The van der Waals surface area contributed by atoms with Gasteiger partial charge in [0.2, 0.25) is 5.91 Å². The summed E-state index contributed by atoms with van der Waals surface area (Å²) < 4.78 is 0. The van der Waals surface area contributed by atoms with Gasteiger partial charge in [0.25, 0.3) is 0 Å². The van der Waals surface area contributed by atoms with E-state index in [9.17, 15) is 4.79 Å². The molecular weight excluding hydrogens is 380 g/mol. The Hall–Kier alpha value is -2.65. The quantitative estimate of drug-likeness (QED) is 0.469. The van der Waals surface area contributed by atoms with Crippen molar-refractivity contribution in [1.82, 2.24) is 10.6 Å². The van der Waals surface area contributed by atoms with E-state index in [1.54, 1.807) is 6.92 Å². The molecule has 162 valence electrons. The van der Waals surface area contributed by atoms with E-state index in [2.05, 4.69) is 84.3 Å². The molecule has 4 rings (SSSR count). The van der Waals surface area contributed by atoms with Crippen LogP contribution in [0.4, 0.5) is 0 Å². The first-order valence-electron chi connectivity index (χ1n) is 11.7. The molecule has 3 heteroatoms. The van der Waals surface area contributed by atoms with Crippen LogP contribution in [-0.2, 0) is 11.3 Å². The minimum Gasteiger partial charge on any atom is -0.352 e. The number of hydrogen-bond acceptors (Lipinski definition) is 2. The van der Waals surface area contributed by atoms with Gasteiger partial charge in [-0.05, 0) is 59.6 Å². The predicted octanol–water partition coefficient (Wildman–Crippen LogP) is 6.24. The largest absolute Gasteiger partial charge is 0.352 e. The van der Waals surface area contributed by atoms with E-state index in [0.717, 1.165) is 5.56 Å². The second kappa shape index (κ2) is 10.1. The summed E-state index contributed by atoms with van der Waals surface area (Å²) in [5.41, 5.74) is 3.98. The highest BCUT2D eigenvalue weighted by Crippen LogP contribution is 2.33. The van der Waals surface area contributed by atoms with Crippen molar-refractivity contribution in [2.75, 3.05) is 0 Å². The van der Waals surface area contributed by atoms with Crippen LogP contribution in [0.5, 0.6) is 0 Å². The number of rotatable bonds is 6. The first-order chi connectivity index (χ1) is 15.1. The van der Waals surface area contributed by atoms with Gasteiger partial charge >= 0.3 is 0 Å². The number of nitrogens with one attached hydrogen (secondary N) is 2. The Morgan fingerprint density at radius 1 is 0.968 bits per heavy atom. The monoisotopic (exact) mass is 414 g/mol. The molecule has 2 N–H and O–H groups in total. The van der Waals surface area contributed by atoms with E-state index >= 15 is 0 Å². The molecule has 0 radical (unpaired) electrons. The Morgan fingerprint density at radius 2 is 1.71 bits per heavy atom. The van der Waals surface area contributed by atoms with Crippen molar-refractivity contribution in [3.05, 3.63) is 83.4 Å². The highest BCUT2D eigenvalue weighted by molar-refractivity contribution is 5.86. The molecule has 0 heterocycles. The number of hydrogen-bond donors (Lipinski definition) is 2. The van der Waals surface area contributed by atoms with Gasteiger partial charge in [0.1, 0.15) is 0 Å². The first-order valence-corrected chi connectivity index (χ1v) is 11.7. The van der Waals surface area contributed by atoms with E-state index in [1.807, 2.05) is 0 Å². The summed E-state index contributed by atoms with van der Waals surface area (Å²) in [5, 5.41) is 9.51. The molecule has 1 aliphatic carbocycles. The normalized spacial score (nSPS) is 20.2. The number of amides is 1. The number of carbonyl (C=O) groups is 1. The molecule has 0 aromatic heterocycles. The van der Waals surface area contributed by atoms with Crippen LogP contribution >= 0.6 is 0 Å². The Morgan fingerprint density at radius 3 is 2.52 bits per heavy atom. The zero-order valence-electron chi connectivity index (χ0n) is 18.7. The van der Waals surface area contributed by atoms with Gasteiger partial charge in [-0.25, -0.2) is 0 Å². The maximum absolute atomic E-state index is 11.2. The summed E-state index contributed by atoms with van der Waals surface area (Å²) in [6.45, 7) is 4.47. The van der Waals surface area contributed by atoms with Crippen molar-refractivity contribution >= 4 is 16.7 Å². The van der Waals surface area contributed by atoms with Crippen molar-refractivity contribution in [3.8, 4) is 0 Å². The molecule has 2 unspecified atom stereocenters. The van der Waals surface area contributed by atoms with E-state index in [0.29, 0.717) is 24.5 Å². The third kappa shape index (κ3) is 5.54. The van der Waals surface area contributed by atoms with Gasteiger partial charge in [0.05, 0.1) is 0 Å². The van der Waals surface area contributed by atoms with Crippen molar-refractivity contribution in [3.63, 3.8) is 0 Å². The average molecular weight is 415 g/mol. The average Bonchev–Trinajstić information content (AvgIpc) is 3.03. The van der Waals surface area contributed by atoms with Crippen LogP contribution in [0.3, 0.4) is 0 Å². The highest BCUT2D eigenvalue weighted by Gasteiger charge is 2.23. The lowest BCUT2D eigenvalue weighted by Gasteiger charge is -2.26. The fraction of sp³-hybridized carbons (Fsp3) is 0.393. The first kappa shape index (κ1) is 21.6. The number of carbonyl (C=O) groups excluding carboxylic acids is 1. The van der Waals surface area contributed by atoms with Crippen LogP contribution in [-0.4, -0.2) is 11.9 Å². The molecule has 0 saturated heterocycles. The van der Waals surface area contributed by atoms with E-state index in [4.69, 9.17) is 0 Å². The standard InChI is InChI=1S/C28H34N2O/c1-20(27-13-7-10-24-8-4-6-12-28(24)27)30-26-11-5-3-9-25(18-26)23-16-14-22(15-17-23)19-29-21(2)31/h4,6-8,10,12-17,20,25-26,30H,3,5,9,11,18-19H2,1-2H3,(H,29,31)/t20-,25?,26?/m1/s1. The summed E-state index contributed by atoms with van der Waals surface area (Å²) in [6.07, 6.45) is 6.26. The zero-order chi connectivity index (χ0) is 21.6. The summed E-state index contributed by atoms with van der Waals surface area (Å²) in [4.78, 5) is 11.2. The Labute approximate surface area is 186 Å². The maximum Gasteiger partial charge on any atom is 0.217 e. The van der Waals surface area contributed by atoms with Crippen LogP contribution in [0, 0.1) is 0 Å². The molecule has 0 bridgehead atoms. The molecule has 3 atom stereocenters. The second-order valence-electron chi connectivity index (χ2n) is 9.02. The van der Waals surface area contributed by atoms with Crippen molar-refractivity contribution in [2.24, 2.45) is 0 Å². The van der Waals surface area contributed by atoms with Gasteiger partial charge < -0.3 is 10.6 Å². The molecule has 1 aliphatic rings. The van der Waals surface area contributed by atoms with Gasteiger partial charge in [-0.15, -0.1) is 0 Å². The van der Waals surface area contributed by atoms with Crippen LogP contribution in [0.25, 0.3) is 10.8 Å². The number of fused-ring (bicyclic) bond motifs is 1. The molecule has 1 fully saturated rings. The second-order valence-corrected chi connectivity index (χ2v) is 9.02. The molecular formula is C28H34N2O. The minimum absolute atomic E-state index is 0.0158. The van der Waals surface area contributed by atoms with Crippen LogP contribution < -0.4 is 10.6 Å². The van der Waals surface area contributed by atoms with Gasteiger partial charge in [0, 0.05) is 25.6 Å². The Kier molecular flexibility index (Phi) is 7.03. The fourth-order valence-electron chi connectivity index (χ4n) is 5.02. The van der Waals surface area contributed by atoms with Crippen molar-refractivity contribution in [2.45, 2.75) is 70.5 Å². The van der Waals surface area contributed by atoms with E-state index < -0.39 is 0 Å². The van der Waals surface area contributed by atoms with Crippen LogP contribution in [0.2, 0.25) is 0 Å². The lowest BCUT2D eigenvalue weighted by molar-refractivity contribution is -0.119. The number of benzene rings is 3. The summed E-state index contributed by atoms with van der Waals surface area (Å²) in [7, 11) is 0. The molecule has 3 aromatic carbocycles. The Bertz CT molecular complexity index is 1010. The zero-order valence-corrected chi connectivity index (χ0v) is 18.7. The predicted molar refractivity (Wildman–Crippen MR) is 129 cm³/mol.